The van der Waals surface area contributed by atoms with Crippen LogP contribution in [-0.4, -0.2) is 38.6 Å². The summed E-state index contributed by atoms with van der Waals surface area (Å²) in [5.74, 6) is 0. The van der Waals surface area contributed by atoms with Crippen molar-refractivity contribution in [3.05, 3.63) is 46.0 Å². The van der Waals surface area contributed by atoms with Gasteiger partial charge in [-0.2, -0.15) is 0 Å². The summed E-state index contributed by atoms with van der Waals surface area (Å²) in [6.45, 7) is 3.38. The van der Waals surface area contributed by atoms with Gasteiger partial charge in [-0.25, -0.2) is 8.78 Å². The monoisotopic (exact) mass is 358 g/mol. The first-order valence-electron chi connectivity index (χ1n) is 9.18. The van der Waals surface area contributed by atoms with Crippen molar-refractivity contribution in [1.29, 1.82) is 0 Å². The van der Waals surface area contributed by atoms with Crippen molar-refractivity contribution < 1.29 is 8.78 Å². The molecule has 4 rings (SSSR count). The van der Waals surface area contributed by atoms with Crippen LogP contribution in [0.25, 0.3) is 17.8 Å². The first-order valence-corrected chi connectivity index (χ1v) is 9.18. The highest BCUT2D eigenvalue weighted by Gasteiger charge is 2.17. The van der Waals surface area contributed by atoms with Gasteiger partial charge < -0.3 is 21.3 Å². The minimum absolute atomic E-state index is 0.0362. The van der Waals surface area contributed by atoms with Gasteiger partial charge in [0.25, 0.3) is 6.43 Å². The number of nitrogens with one attached hydrogen (secondary N) is 4. The van der Waals surface area contributed by atoms with Crippen LogP contribution in [0.3, 0.4) is 0 Å². The molecule has 4 nitrogen and oxygen atoms in total. The lowest BCUT2D eigenvalue weighted by Gasteiger charge is -2.26. The molecule has 6 heteroatoms. The number of piperidine rings is 1. The molecule has 0 atom stereocenters. The number of allylic oxidation sites excluding steroid dienone is 2. The van der Waals surface area contributed by atoms with Gasteiger partial charge in [0.15, 0.2) is 0 Å². The maximum atomic E-state index is 13.1. The minimum atomic E-state index is -2.47. The summed E-state index contributed by atoms with van der Waals surface area (Å²) >= 11 is 0. The lowest BCUT2D eigenvalue weighted by molar-refractivity contribution is 0.193. The Bertz CT molecular complexity index is 851. The molecule has 4 N–H and O–H groups in total. The average molecular weight is 358 g/mol. The number of hydrogen-bond donors (Lipinski definition) is 4. The predicted octanol–water partition coefficient (Wildman–Crippen LogP) is 1.11. The number of halogens is 2. The van der Waals surface area contributed by atoms with E-state index in [0.29, 0.717) is 12.6 Å². The van der Waals surface area contributed by atoms with Crippen molar-refractivity contribution in [2.75, 3.05) is 31.5 Å². The predicted molar refractivity (Wildman–Crippen MR) is 102 cm³/mol. The molecule has 0 saturated carbocycles. The quantitative estimate of drug-likeness (QED) is 0.651. The average Bonchev–Trinajstić information content (AvgIpc) is 2.69. The van der Waals surface area contributed by atoms with E-state index in [1.54, 1.807) is 6.08 Å². The van der Waals surface area contributed by atoms with Gasteiger partial charge >= 0.3 is 0 Å². The van der Waals surface area contributed by atoms with Crippen LogP contribution in [0.1, 0.15) is 18.4 Å². The molecule has 0 bridgehead atoms. The first-order chi connectivity index (χ1) is 12.7. The van der Waals surface area contributed by atoms with Crippen LogP contribution >= 0.6 is 0 Å². The van der Waals surface area contributed by atoms with Gasteiger partial charge in [-0.15, -0.1) is 0 Å². The fourth-order valence-electron chi connectivity index (χ4n) is 3.71. The topological polar surface area (TPSA) is 48.1 Å². The van der Waals surface area contributed by atoms with Crippen LogP contribution in [0.5, 0.6) is 0 Å². The number of benzene rings is 1. The Kier molecular flexibility index (Phi) is 4.93. The van der Waals surface area contributed by atoms with E-state index < -0.39 is 6.43 Å². The molecule has 0 amide bonds. The van der Waals surface area contributed by atoms with Crippen molar-refractivity contribution in [1.82, 2.24) is 16.0 Å². The number of dihydropyridines is 1. The third-order valence-electron chi connectivity index (χ3n) is 5.12. The summed E-state index contributed by atoms with van der Waals surface area (Å²) in [5, 5.41) is 15.6. The summed E-state index contributed by atoms with van der Waals surface area (Å²) in [7, 11) is 0. The molecule has 1 aromatic rings. The van der Waals surface area contributed by atoms with Gasteiger partial charge in [-0.3, -0.25) is 0 Å². The standard InChI is InChI=1S/C20H24F2N4/c21-20(22)16-8-15(10-25-11-16)14-7-13-1-4-24-12-18(13)19(9-14)26-17-2-5-23-6-3-17/h1,7-9,11-12,17,20,23-26H,2-6,10H2. The van der Waals surface area contributed by atoms with Crippen LogP contribution in [-0.2, 0) is 0 Å². The van der Waals surface area contributed by atoms with Crippen LogP contribution in [0.4, 0.5) is 14.5 Å². The van der Waals surface area contributed by atoms with E-state index in [1.807, 2.05) is 6.20 Å². The zero-order chi connectivity index (χ0) is 17.9. The SMILES string of the molecule is FC(F)C1=CNCC(c2cc(NC3CCNCC3)c3c(c2)=CCNC=3)=C1. The van der Waals surface area contributed by atoms with E-state index in [4.69, 9.17) is 0 Å². The number of alkyl halides is 2. The van der Waals surface area contributed by atoms with Crippen molar-refractivity contribution in [3.63, 3.8) is 0 Å². The Morgan fingerprint density at radius 1 is 1.08 bits per heavy atom. The molecule has 3 aliphatic heterocycles. The van der Waals surface area contributed by atoms with Gasteiger partial charge in [-0.1, -0.05) is 6.08 Å². The second-order valence-electron chi connectivity index (χ2n) is 6.95. The largest absolute Gasteiger partial charge is 0.387 e. The molecule has 1 saturated heterocycles. The van der Waals surface area contributed by atoms with Crippen molar-refractivity contribution in [2.24, 2.45) is 0 Å². The van der Waals surface area contributed by atoms with Crippen molar-refractivity contribution >= 4 is 23.5 Å². The Labute approximate surface area is 151 Å². The van der Waals surface area contributed by atoms with Gasteiger partial charge in [0, 0.05) is 48.0 Å². The van der Waals surface area contributed by atoms with Gasteiger partial charge in [-0.05, 0) is 60.5 Å². The normalized spacial score (nSPS) is 20.0. The van der Waals surface area contributed by atoms with Crippen LogP contribution in [0, 0.1) is 0 Å². The second kappa shape index (κ2) is 7.50. The second-order valence-corrected chi connectivity index (χ2v) is 6.95. The Balaban J connectivity index is 1.72. The highest BCUT2D eigenvalue weighted by Crippen LogP contribution is 2.23. The smallest absolute Gasteiger partial charge is 0.265 e. The van der Waals surface area contributed by atoms with Crippen molar-refractivity contribution in [2.45, 2.75) is 25.3 Å². The summed E-state index contributed by atoms with van der Waals surface area (Å²) in [4.78, 5) is 0. The molecule has 138 valence electrons. The highest BCUT2D eigenvalue weighted by molar-refractivity contribution is 5.74. The van der Waals surface area contributed by atoms with Gasteiger partial charge in [0.05, 0.1) is 0 Å². The lowest BCUT2D eigenvalue weighted by atomic mass is 9.97. The molecule has 1 aromatic carbocycles. The molecule has 0 unspecified atom stereocenters. The van der Waals surface area contributed by atoms with Gasteiger partial charge in [0.2, 0.25) is 0 Å². The van der Waals surface area contributed by atoms with E-state index in [-0.39, 0.29) is 5.57 Å². The zero-order valence-electron chi connectivity index (χ0n) is 14.6. The molecule has 0 spiro atoms. The molecule has 1 fully saturated rings. The third-order valence-corrected chi connectivity index (χ3v) is 5.12. The fraction of sp³-hybridized carbons (Fsp3) is 0.400. The lowest BCUT2D eigenvalue weighted by Crippen LogP contribution is -2.40. The number of fused-ring (bicyclic) bond motifs is 1. The Morgan fingerprint density at radius 2 is 1.92 bits per heavy atom. The number of anilines is 1. The maximum absolute atomic E-state index is 13.1. The summed E-state index contributed by atoms with van der Waals surface area (Å²) in [6.07, 6.45) is 6.91. The van der Waals surface area contributed by atoms with Crippen LogP contribution < -0.4 is 31.7 Å². The van der Waals surface area contributed by atoms with E-state index in [2.05, 4.69) is 39.5 Å². The van der Waals surface area contributed by atoms with E-state index in [1.165, 1.54) is 6.20 Å². The fourth-order valence-corrected chi connectivity index (χ4v) is 3.71. The van der Waals surface area contributed by atoms with E-state index >= 15 is 0 Å². The van der Waals surface area contributed by atoms with Crippen LogP contribution in [0.15, 0.2) is 30.0 Å². The van der Waals surface area contributed by atoms with E-state index in [9.17, 15) is 8.78 Å². The summed E-state index contributed by atoms with van der Waals surface area (Å²) in [6, 6.07) is 4.63. The number of hydrogen-bond acceptors (Lipinski definition) is 4. The first kappa shape index (κ1) is 17.1. The Hall–Kier alpha value is -2.34. The maximum Gasteiger partial charge on any atom is 0.265 e. The molecule has 3 heterocycles. The molecule has 0 radical (unpaired) electrons. The highest BCUT2D eigenvalue weighted by atomic mass is 19.3. The minimum Gasteiger partial charge on any atom is -0.387 e. The van der Waals surface area contributed by atoms with E-state index in [0.717, 1.165) is 59.7 Å². The zero-order valence-corrected chi connectivity index (χ0v) is 14.6. The molecule has 0 aromatic heterocycles. The number of rotatable bonds is 4. The van der Waals surface area contributed by atoms with Crippen LogP contribution in [0.2, 0.25) is 0 Å². The van der Waals surface area contributed by atoms with Crippen molar-refractivity contribution in [3.8, 4) is 0 Å². The molecule has 0 aliphatic carbocycles. The summed E-state index contributed by atoms with van der Waals surface area (Å²) < 4.78 is 26.2. The van der Waals surface area contributed by atoms with Gasteiger partial charge in [0.1, 0.15) is 0 Å². The molecular formula is C20H24F2N4. The molecular weight excluding hydrogens is 334 g/mol. The summed E-state index contributed by atoms with van der Waals surface area (Å²) in [5.41, 5.74) is 2.99. The molecule has 3 aliphatic rings. The third kappa shape index (κ3) is 3.60. The molecule has 26 heavy (non-hydrogen) atoms. The Morgan fingerprint density at radius 3 is 2.73 bits per heavy atom.